The van der Waals surface area contributed by atoms with Crippen molar-refractivity contribution >= 4 is 28.7 Å². The van der Waals surface area contributed by atoms with Gasteiger partial charge in [0, 0.05) is 82.2 Å². The fraction of sp³-hybridized carbons (Fsp3) is 0.560. The van der Waals surface area contributed by atoms with E-state index >= 15 is 0 Å². The monoisotopic (exact) mass is 467 g/mol. The molecule has 3 aliphatic rings. The van der Waals surface area contributed by atoms with Gasteiger partial charge in [-0.15, -0.1) is 0 Å². The van der Waals surface area contributed by atoms with Crippen LogP contribution < -0.4 is 10.6 Å². The molecular weight excluding hydrogens is 434 g/mol. The molecule has 1 amide bonds. The summed E-state index contributed by atoms with van der Waals surface area (Å²) < 4.78 is 10.7. The molecule has 0 unspecified atom stereocenters. The van der Waals surface area contributed by atoms with E-state index in [0.717, 1.165) is 54.6 Å². The molecule has 0 spiro atoms. The zero-order valence-corrected chi connectivity index (χ0v) is 20.0. The lowest BCUT2D eigenvalue weighted by molar-refractivity contribution is 0.0593. The number of pyridine rings is 1. The number of amides is 1. The Kier molecular flexibility index (Phi) is 6.67. The smallest absolute Gasteiger partial charge is 0.254 e. The molecule has 0 saturated carbocycles. The van der Waals surface area contributed by atoms with E-state index in [0.29, 0.717) is 50.5 Å². The Morgan fingerprint density at radius 3 is 2.71 bits per heavy atom. The van der Waals surface area contributed by atoms with Crippen LogP contribution >= 0.6 is 0 Å². The third kappa shape index (κ3) is 4.35. The number of carbonyl (C=O) groups excluding carboxylic acids is 1. The number of hydrogen-bond acceptors (Lipinski definition) is 7. The number of fused-ring (bicyclic) bond motifs is 3. The van der Waals surface area contributed by atoms with E-state index in [4.69, 9.17) is 14.6 Å². The summed E-state index contributed by atoms with van der Waals surface area (Å²) in [5.41, 5.74) is 3.77. The highest BCUT2D eigenvalue weighted by molar-refractivity contribution is 6.03. The lowest BCUT2D eigenvalue weighted by Crippen LogP contribution is -2.49. The molecule has 0 bridgehead atoms. The second kappa shape index (κ2) is 9.85. The minimum atomic E-state index is -0.0867. The van der Waals surface area contributed by atoms with Crippen molar-refractivity contribution in [2.75, 3.05) is 64.7 Å². The molecule has 9 heteroatoms. The van der Waals surface area contributed by atoms with Crippen LogP contribution in [0.2, 0.25) is 0 Å². The minimum absolute atomic E-state index is 0.0441. The number of nitrogens with one attached hydrogen (secondary N) is 1. The molecule has 0 radical (unpaired) electrons. The first kappa shape index (κ1) is 23.0. The Hall–Kier alpha value is -2.75. The highest BCUT2D eigenvalue weighted by Crippen LogP contribution is 2.35. The van der Waals surface area contributed by atoms with Crippen molar-refractivity contribution in [3.8, 4) is 0 Å². The number of H-pyrrole nitrogens is 1. The summed E-state index contributed by atoms with van der Waals surface area (Å²) in [5.74, 6) is 0.0441. The van der Waals surface area contributed by atoms with E-state index in [2.05, 4.69) is 9.88 Å². The van der Waals surface area contributed by atoms with Crippen LogP contribution in [0, 0.1) is 6.92 Å². The molecule has 3 aliphatic heterocycles. The Balaban J connectivity index is 1.49. The van der Waals surface area contributed by atoms with E-state index in [-0.39, 0.29) is 17.5 Å². The van der Waals surface area contributed by atoms with E-state index in [1.165, 1.54) is 0 Å². The summed E-state index contributed by atoms with van der Waals surface area (Å²) in [7, 11) is 1.71. The van der Waals surface area contributed by atoms with Gasteiger partial charge in [-0.05, 0) is 37.5 Å². The predicted octanol–water partition coefficient (Wildman–Crippen LogP) is 1.77. The van der Waals surface area contributed by atoms with E-state index in [1.54, 1.807) is 7.11 Å². The molecule has 1 aromatic carbocycles. The molecule has 0 aliphatic carbocycles. The molecule has 9 nitrogen and oxygen atoms in total. The van der Waals surface area contributed by atoms with Crippen LogP contribution in [0.1, 0.15) is 34.3 Å². The quantitative estimate of drug-likeness (QED) is 0.721. The number of carbonyl (C=O) groups is 1. The first-order chi connectivity index (χ1) is 16.6. The second-order valence-electron chi connectivity index (χ2n) is 9.31. The summed E-state index contributed by atoms with van der Waals surface area (Å²) in [6, 6.07) is 4.07. The van der Waals surface area contributed by atoms with Gasteiger partial charge < -0.3 is 19.4 Å². The van der Waals surface area contributed by atoms with Crippen LogP contribution in [-0.4, -0.2) is 92.6 Å². The largest absolute Gasteiger partial charge is 0.383 e. The number of anilines is 1. The molecular formula is C25H33N5O4. The average molecular weight is 468 g/mol. The lowest BCUT2D eigenvalue weighted by atomic mass is 9.97. The number of methoxy groups -OCH3 is 1. The van der Waals surface area contributed by atoms with Crippen molar-refractivity contribution in [3.63, 3.8) is 0 Å². The minimum Gasteiger partial charge on any atom is -0.383 e. The van der Waals surface area contributed by atoms with Gasteiger partial charge in [-0.2, -0.15) is 5.10 Å². The molecule has 2 saturated heterocycles. The topological polar surface area (TPSA) is 90.5 Å². The Morgan fingerprint density at radius 2 is 1.97 bits per heavy atom. The first-order valence-electron chi connectivity index (χ1n) is 12.2. The van der Waals surface area contributed by atoms with E-state index in [1.807, 2.05) is 35.2 Å². The Bertz CT molecular complexity index is 1150. The summed E-state index contributed by atoms with van der Waals surface area (Å²) in [4.78, 5) is 33.8. The molecule has 182 valence electrons. The SMILES string of the molecule is COCCN1CCN(C(=O)c2cc3c4c(c(=O)[nH]c3cc2C)CC=NN4C2CCOCC2)CC1. The highest BCUT2D eigenvalue weighted by Gasteiger charge is 2.30. The van der Waals surface area contributed by atoms with Gasteiger partial charge in [0.15, 0.2) is 0 Å². The average Bonchev–Trinajstić information content (AvgIpc) is 2.87. The fourth-order valence-electron chi connectivity index (χ4n) is 5.21. The summed E-state index contributed by atoms with van der Waals surface area (Å²) in [6.45, 7) is 7.98. The number of nitrogens with zero attached hydrogens (tertiary/aromatic N) is 4. The number of aryl methyl sites for hydroxylation is 1. The standard InChI is InChI=1S/C25H33N5O4/c1-17-15-22-21(16-20(17)25(32)29-9-7-28(8-10-29)11-14-33-2)23-19(24(31)27-22)3-6-26-30(23)18-4-12-34-13-5-18/h6,15-16,18H,3-5,7-14H2,1-2H3,(H,27,31). The maximum atomic E-state index is 13.6. The van der Waals surface area contributed by atoms with Crippen molar-refractivity contribution in [3.05, 3.63) is 39.2 Å². The zero-order valence-electron chi connectivity index (χ0n) is 20.0. The van der Waals surface area contributed by atoms with Gasteiger partial charge in [-0.1, -0.05) is 0 Å². The number of benzene rings is 1. The van der Waals surface area contributed by atoms with Crippen molar-refractivity contribution < 1.29 is 14.3 Å². The normalized spacial score (nSPS) is 19.6. The number of hydrazone groups is 1. The maximum Gasteiger partial charge on any atom is 0.254 e. The third-order valence-electron chi connectivity index (χ3n) is 7.20. The summed E-state index contributed by atoms with van der Waals surface area (Å²) >= 11 is 0. The van der Waals surface area contributed by atoms with Crippen LogP contribution in [0.3, 0.4) is 0 Å². The second-order valence-corrected chi connectivity index (χ2v) is 9.31. The number of aromatic amines is 1. The van der Waals surface area contributed by atoms with Gasteiger partial charge in [0.05, 0.1) is 23.9 Å². The molecule has 1 aromatic heterocycles. The van der Waals surface area contributed by atoms with E-state index in [9.17, 15) is 9.59 Å². The molecule has 4 heterocycles. The first-order valence-corrected chi connectivity index (χ1v) is 12.2. The van der Waals surface area contributed by atoms with Crippen molar-refractivity contribution in [1.82, 2.24) is 14.8 Å². The number of aromatic nitrogens is 1. The van der Waals surface area contributed by atoms with Crippen molar-refractivity contribution in [2.24, 2.45) is 5.10 Å². The Labute approximate surface area is 199 Å². The molecule has 2 aromatic rings. The summed E-state index contributed by atoms with van der Waals surface area (Å²) in [6.07, 6.45) is 4.01. The molecule has 2 fully saturated rings. The lowest BCUT2D eigenvalue weighted by Gasteiger charge is -2.36. The van der Waals surface area contributed by atoms with Crippen LogP contribution in [0.4, 0.5) is 5.69 Å². The molecule has 1 N–H and O–H groups in total. The maximum absolute atomic E-state index is 13.6. The van der Waals surface area contributed by atoms with Crippen LogP contribution in [-0.2, 0) is 15.9 Å². The van der Waals surface area contributed by atoms with E-state index < -0.39 is 0 Å². The molecule has 34 heavy (non-hydrogen) atoms. The number of ether oxygens (including phenoxy) is 2. The van der Waals surface area contributed by atoms with Crippen LogP contribution in [0.5, 0.6) is 0 Å². The number of rotatable bonds is 5. The number of hydrogen-bond donors (Lipinski definition) is 1. The fourth-order valence-corrected chi connectivity index (χ4v) is 5.21. The van der Waals surface area contributed by atoms with Gasteiger partial charge in [0.1, 0.15) is 0 Å². The van der Waals surface area contributed by atoms with Gasteiger partial charge in [-0.25, -0.2) is 0 Å². The van der Waals surface area contributed by atoms with Gasteiger partial charge >= 0.3 is 0 Å². The van der Waals surface area contributed by atoms with Gasteiger partial charge in [0.25, 0.3) is 11.5 Å². The molecule has 0 atom stereocenters. The predicted molar refractivity (Wildman–Crippen MR) is 132 cm³/mol. The highest BCUT2D eigenvalue weighted by atomic mass is 16.5. The zero-order chi connectivity index (χ0) is 23.7. The third-order valence-corrected chi connectivity index (χ3v) is 7.20. The number of piperazine rings is 1. The molecule has 5 rings (SSSR count). The van der Waals surface area contributed by atoms with Crippen LogP contribution in [0.25, 0.3) is 10.9 Å². The van der Waals surface area contributed by atoms with Crippen LogP contribution in [0.15, 0.2) is 22.0 Å². The van der Waals surface area contributed by atoms with Crippen molar-refractivity contribution in [1.29, 1.82) is 0 Å². The summed E-state index contributed by atoms with van der Waals surface area (Å²) in [5, 5.41) is 7.57. The van der Waals surface area contributed by atoms with Gasteiger partial charge in [-0.3, -0.25) is 19.5 Å². The van der Waals surface area contributed by atoms with Gasteiger partial charge in [0.2, 0.25) is 0 Å². The Morgan fingerprint density at radius 1 is 1.21 bits per heavy atom. The van der Waals surface area contributed by atoms with Crippen molar-refractivity contribution in [2.45, 2.75) is 32.2 Å².